The Kier molecular flexibility index (Phi) is 5.28. The summed E-state index contributed by atoms with van der Waals surface area (Å²) in [7, 11) is 0. The van der Waals surface area contributed by atoms with Crippen molar-refractivity contribution in [1.29, 1.82) is 0 Å². The molecule has 0 aromatic heterocycles. The minimum absolute atomic E-state index is 0.117. The van der Waals surface area contributed by atoms with Gasteiger partial charge in [0.05, 0.1) is 0 Å². The van der Waals surface area contributed by atoms with Crippen LogP contribution in [-0.2, 0) is 11.2 Å². The van der Waals surface area contributed by atoms with Gasteiger partial charge in [0.2, 0.25) is 5.91 Å². The first-order chi connectivity index (χ1) is 9.87. The van der Waals surface area contributed by atoms with Crippen molar-refractivity contribution in [3.05, 3.63) is 34.9 Å². The molecule has 1 fully saturated rings. The summed E-state index contributed by atoms with van der Waals surface area (Å²) < 4.78 is 0. The fourth-order valence-corrected chi connectivity index (χ4v) is 3.17. The summed E-state index contributed by atoms with van der Waals surface area (Å²) in [6, 6.07) is 8.23. The minimum Gasteiger partial charge on any atom is -0.351 e. The van der Waals surface area contributed by atoms with E-state index in [2.05, 4.69) is 31.4 Å². The zero-order valence-electron chi connectivity index (χ0n) is 13.1. The number of rotatable bonds is 4. The van der Waals surface area contributed by atoms with Gasteiger partial charge >= 0.3 is 0 Å². The standard InChI is InChI=1S/C17H25ClN2O/c1-12-10-13(8-9-19-12)16(21)20-17(2,3)11-14-6-4-5-7-15(14)18/h4-7,12-13,19H,8-11H2,1-3H3,(H,20,21)/t12-,13-/m0/s1. The molecule has 1 aromatic carbocycles. The topological polar surface area (TPSA) is 41.1 Å². The number of amides is 1. The van der Waals surface area contributed by atoms with E-state index in [9.17, 15) is 4.79 Å². The molecule has 4 heteroatoms. The highest BCUT2D eigenvalue weighted by Crippen LogP contribution is 2.22. The van der Waals surface area contributed by atoms with Crippen LogP contribution in [0.25, 0.3) is 0 Å². The Balaban J connectivity index is 1.97. The average Bonchev–Trinajstić information content (AvgIpc) is 2.40. The Hall–Kier alpha value is -1.06. The molecular weight excluding hydrogens is 284 g/mol. The monoisotopic (exact) mass is 308 g/mol. The second-order valence-electron chi connectivity index (χ2n) is 6.72. The third kappa shape index (κ3) is 4.72. The Morgan fingerprint density at radius 1 is 1.43 bits per heavy atom. The predicted molar refractivity (Wildman–Crippen MR) is 87.6 cm³/mol. The SMILES string of the molecule is C[C@H]1C[C@@H](C(=O)NC(C)(C)Cc2ccccc2Cl)CCN1. The van der Waals surface area contributed by atoms with E-state index >= 15 is 0 Å². The molecule has 1 amide bonds. The summed E-state index contributed by atoms with van der Waals surface area (Å²) in [5.74, 6) is 0.284. The zero-order valence-corrected chi connectivity index (χ0v) is 13.8. The fraction of sp³-hybridized carbons (Fsp3) is 0.588. The Morgan fingerprint density at radius 2 is 2.14 bits per heavy atom. The summed E-state index contributed by atoms with van der Waals surface area (Å²) in [5, 5.41) is 7.34. The van der Waals surface area contributed by atoms with Crippen LogP contribution >= 0.6 is 11.6 Å². The number of benzene rings is 1. The highest BCUT2D eigenvalue weighted by Gasteiger charge is 2.29. The van der Waals surface area contributed by atoms with Gasteiger partial charge in [-0.05, 0) is 58.2 Å². The van der Waals surface area contributed by atoms with Gasteiger partial charge in [-0.15, -0.1) is 0 Å². The molecule has 0 saturated carbocycles. The van der Waals surface area contributed by atoms with Crippen molar-refractivity contribution in [3.8, 4) is 0 Å². The van der Waals surface area contributed by atoms with Crippen LogP contribution in [0.3, 0.4) is 0 Å². The number of hydrogen-bond donors (Lipinski definition) is 2. The van der Waals surface area contributed by atoms with Gasteiger partial charge in [-0.2, -0.15) is 0 Å². The van der Waals surface area contributed by atoms with E-state index in [0.29, 0.717) is 6.04 Å². The summed E-state index contributed by atoms with van der Waals surface area (Å²) in [6.45, 7) is 7.16. The normalized spacial score (nSPS) is 22.9. The summed E-state index contributed by atoms with van der Waals surface area (Å²) >= 11 is 6.21. The molecule has 1 heterocycles. The van der Waals surface area contributed by atoms with Crippen LogP contribution in [0.2, 0.25) is 5.02 Å². The largest absolute Gasteiger partial charge is 0.351 e. The molecule has 1 saturated heterocycles. The van der Waals surface area contributed by atoms with Crippen molar-refractivity contribution in [2.24, 2.45) is 5.92 Å². The van der Waals surface area contributed by atoms with E-state index in [0.717, 1.165) is 36.4 Å². The predicted octanol–water partition coefficient (Wildman–Crippen LogP) is 3.17. The second kappa shape index (κ2) is 6.80. The van der Waals surface area contributed by atoms with E-state index < -0.39 is 0 Å². The highest BCUT2D eigenvalue weighted by molar-refractivity contribution is 6.31. The number of carbonyl (C=O) groups is 1. The Bertz CT molecular complexity index is 501. The van der Waals surface area contributed by atoms with Gasteiger partial charge in [0, 0.05) is 22.5 Å². The molecule has 1 aliphatic rings. The number of hydrogen-bond acceptors (Lipinski definition) is 2. The number of nitrogens with one attached hydrogen (secondary N) is 2. The van der Waals surface area contributed by atoms with Crippen LogP contribution in [0.1, 0.15) is 39.2 Å². The lowest BCUT2D eigenvalue weighted by Crippen LogP contribution is -2.50. The smallest absolute Gasteiger partial charge is 0.223 e. The van der Waals surface area contributed by atoms with Crippen molar-refractivity contribution in [2.45, 2.75) is 51.6 Å². The van der Waals surface area contributed by atoms with Crippen LogP contribution in [0.5, 0.6) is 0 Å². The van der Waals surface area contributed by atoms with Crippen molar-refractivity contribution < 1.29 is 4.79 Å². The van der Waals surface area contributed by atoms with E-state index in [4.69, 9.17) is 11.6 Å². The van der Waals surface area contributed by atoms with Crippen LogP contribution in [0.4, 0.5) is 0 Å². The van der Waals surface area contributed by atoms with Crippen LogP contribution in [0.15, 0.2) is 24.3 Å². The quantitative estimate of drug-likeness (QED) is 0.897. The van der Waals surface area contributed by atoms with Crippen molar-refractivity contribution >= 4 is 17.5 Å². The summed E-state index contributed by atoms with van der Waals surface area (Å²) in [6.07, 6.45) is 2.56. The first-order valence-corrected chi connectivity index (χ1v) is 8.04. The Labute approximate surface area is 132 Å². The lowest BCUT2D eigenvalue weighted by atomic mass is 9.89. The molecule has 0 unspecified atom stereocenters. The molecule has 116 valence electrons. The van der Waals surface area contributed by atoms with Crippen LogP contribution < -0.4 is 10.6 Å². The maximum atomic E-state index is 12.5. The fourth-order valence-electron chi connectivity index (χ4n) is 2.97. The molecule has 1 aliphatic heterocycles. The van der Waals surface area contributed by atoms with E-state index in [1.54, 1.807) is 0 Å². The van der Waals surface area contributed by atoms with Crippen LogP contribution in [0, 0.1) is 5.92 Å². The molecule has 3 nitrogen and oxygen atoms in total. The van der Waals surface area contributed by atoms with Gasteiger partial charge in [-0.3, -0.25) is 4.79 Å². The van der Waals surface area contributed by atoms with Gasteiger partial charge < -0.3 is 10.6 Å². The summed E-state index contributed by atoms with van der Waals surface area (Å²) in [5.41, 5.74) is 0.777. The zero-order chi connectivity index (χ0) is 15.5. The van der Waals surface area contributed by atoms with Crippen molar-refractivity contribution in [3.63, 3.8) is 0 Å². The van der Waals surface area contributed by atoms with E-state index in [1.165, 1.54) is 0 Å². The molecule has 2 rings (SSSR count). The number of carbonyl (C=O) groups excluding carboxylic acids is 1. The number of piperidine rings is 1. The second-order valence-corrected chi connectivity index (χ2v) is 7.12. The molecular formula is C17H25ClN2O. The first-order valence-electron chi connectivity index (χ1n) is 7.66. The molecule has 21 heavy (non-hydrogen) atoms. The molecule has 0 radical (unpaired) electrons. The lowest BCUT2D eigenvalue weighted by molar-refractivity contribution is -0.127. The molecule has 2 atom stereocenters. The highest BCUT2D eigenvalue weighted by atomic mass is 35.5. The molecule has 0 bridgehead atoms. The van der Waals surface area contributed by atoms with Gasteiger partial charge in [0.1, 0.15) is 0 Å². The van der Waals surface area contributed by atoms with Crippen molar-refractivity contribution in [2.75, 3.05) is 6.54 Å². The van der Waals surface area contributed by atoms with E-state index in [-0.39, 0.29) is 17.4 Å². The maximum Gasteiger partial charge on any atom is 0.223 e. The third-order valence-corrected chi connectivity index (χ3v) is 4.42. The van der Waals surface area contributed by atoms with Crippen LogP contribution in [-0.4, -0.2) is 24.0 Å². The van der Waals surface area contributed by atoms with E-state index in [1.807, 2.05) is 24.3 Å². The molecule has 1 aromatic rings. The average molecular weight is 309 g/mol. The minimum atomic E-state index is -0.295. The van der Waals surface area contributed by atoms with Gasteiger partial charge in [0.25, 0.3) is 0 Å². The molecule has 0 aliphatic carbocycles. The van der Waals surface area contributed by atoms with Gasteiger partial charge in [-0.1, -0.05) is 29.8 Å². The van der Waals surface area contributed by atoms with Gasteiger partial charge in [-0.25, -0.2) is 0 Å². The van der Waals surface area contributed by atoms with Gasteiger partial charge in [0.15, 0.2) is 0 Å². The molecule has 0 spiro atoms. The maximum absolute atomic E-state index is 12.5. The number of halogens is 1. The lowest BCUT2D eigenvalue weighted by Gasteiger charge is -2.32. The third-order valence-electron chi connectivity index (χ3n) is 4.05. The molecule has 2 N–H and O–H groups in total. The Morgan fingerprint density at radius 3 is 2.81 bits per heavy atom. The summed E-state index contributed by atoms with van der Waals surface area (Å²) in [4.78, 5) is 12.5. The van der Waals surface area contributed by atoms with Crippen molar-refractivity contribution in [1.82, 2.24) is 10.6 Å². The first kappa shape index (κ1) is 16.3.